The van der Waals surface area contributed by atoms with Crippen LogP contribution in [0.5, 0.6) is 0 Å². The molecule has 0 aliphatic carbocycles. The number of nitrogens with one attached hydrogen (secondary N) is 1. The van der Waals surface area contributed by atoms with Crippen LogP contribution in [0.3, 0.4) is 0 Å². The van der Waals surface area contributed by atoms with Crippen molar-refractivity contribution in [2.24, 2.45) is 0 Å². The lowest BCUT2D eigenvalue weighted by Gasteiger charge is -2.19. The summed E-state index contributed by atoms with van der Waals surface area (Å²) in [7, 11) is 0. The predicted octanol–water partition coefficient (Wildman–Crippen LogP) is 4.70. The summed E-state index contributed by atoms with van der Waals surface area (Å²) in [5.41, 5.74) is 0.894. The Labute approximate surface area is 130 Å². The third kappa shape index (κ3) is 3.60. The van der Waals surface area contributed by atoms with Crippen molar-refractivity contribution in [3.05, 3.63) is 35.0 Å². The van der Waals surface area contributed by atoms with E-state index in [9.17, 15) is 0 Å². The second-order valence-corrected chi connectivity index (χ2v) is 6.14. The monoisotopic (exact) mass is 307 g/mol. The van der Waals surface area contributed by atoms with Gasteiger partial charge in [-0.3, -0.25) is 0 Å². The Morgan fingerprint density at radius 2 is 2.29 bits per heavy atom. The van der Waals surface area contributed by atoms with Crippen LogP contribution < -0.4 is 5.32 Å². The average molecular weight is 308 g/mol. The van der Waals surface area contributed by atoms with Gasteiger partial charge in [-0.15, -0.1) is 0 Å². The Kier molecular flexibility index (Phi) is 4.84. The van der Waals surface area contributed by atoms with Gasteiger partial charge in [-0.05, 0) is 56.5 Å². The fourth-order valence-corrected chi connectivity index (χ4v) is 3.10. The van der Waals surface area contributed by atoms with Gasteiger partial charge in [0, 0.05) is 17.0 Å². The lowest BCUT2D eigenvalue weighted by molar-refractivity contribution is 0.0922. The van der Waals surface area contributed by atoms with Gasteiger partial charge in [-0.2, -0.15) is 0 Å². The van der Waals surface area contributed by atoms with E-state index < -0.39 is 0 Å². The summed E-state index contributed by atoms with van der Waals surface area (Å²) in [6, 6.07) is 8.06. The Morgan fingerprint density at radius 1 is 1.38 bits per heavy atom. The third-order valence-corrected chi connectivity index (χ3v) is 4.24. The van der Waals surface area contributed by atoms with Crippen molar-refractivity contribution >= 4 is 22.6 Å². The molecule has 0 saturated carbocycles. The molecule has 2 heterocycles. The SMILES string of the molecule is CCCNC(CC1CCCO1)c1cc2cc(Cl)ccc2o1. The average Bonchev–Trinajstić information content (AvgIpc) is 3.11. The normalized spacial score (nSPS) is 20.2. The molecule has 3 nitrogen and oxygen atoms in total. The summed E-state index contributed by atoms with van der Waals surface area (Å²) >= 11 is 6.05. The van der Waals surface area contributed by atoms with Gasteiger partial charge in [0.15, 0.2) is 0 Å². The maximum absolute atomic E-state index is 6.05. The Balaban J connectivity index is 1.81. The van der Waals surface area contributed by atoms with Crippen molar-refractivity contribution < 1.29 is 9.15 Å². The highest BCUT2D eigenvalue weighted by Gasteiger charge is 2.24. The van der Waals surface area contributed by atoms with E-state index >= 15 is 0 Å². The molecule has 0 radical (unpaired) electrons. The van der Waals surface area contributed by atoms with Crippen LogP contribution in [0.25, 0.3) is 11.0 Å². The smallest absolute Gasteiger partial charge is 0.134 e. The quantitative estimate of drug-likeness (QED) is 0.840. The molecule has 114 valence electrons. The van der Waals surface area contributed by atoms with E-state index in [0.717, 1.165) is 54.2 Å². The van der Waals surface area contributed by atoms with Gasteiger partial charge in [-0.25, -0.2) is 0 Å². The van der Waals surface area contributed by atoms with Crippen LogP contribution in [0, 0.1) is 0 Å². The van der Waals surface area contributed by atoms with Crippen molar-refractivity contribution in [1.82, 2.24) is 5.32 Å². The second kappa shape index (κ2) is 6.82. The molecular weight excluding hydrogens is 286 g/mol. The lowest BCUT2D eigenvalue weighted by atomic mass is 10.0. The van der Waals surface area contributed by atoms with Crippen LogP contribution in [0.15, 0.2) is 28.7 Å². The first-order valence-corrected chi connectivity index (χ1v) is 8.18. The first-order valence-electron chi connectivity index (χ1n) is 7.80. The maximum atomic E-state index is 6.05. The minimum absolute atomic E-state index is 0.208. The van der Waals surface area contributed by atoms with Gasteiger partial charge in [0.1, 0.15) is 11.3 Å². The number of halogens is 1. The van der Waals surface area contributed by atoms with Crippen molar-refractivity contribution in [3.63, 3.8) is 0 Å². The fraction of sp³-hybridized carbons (Fsp3) is 0.529. The first kappa shape index (κ1) is 14.9. The van der Waals surface area contributed by atoms with E-state index in [2.05, 4.69) is 18.3 Å². The van der Waals surface area contributed by atoms with Crippen LogP contribution in [0.2, 0.25) is 5.02 Å². The minimum Gasteiger partial charge on any atom is -0.459 e. The van der Waals surface area contributed by atoms with Crippen molar-refractivity contribution in [3.8, 4) is 0 Å². The van der Waals surface area contributed by atoms with Crippen LogP contribution in [-0.2, 0) is 4.74 Å². The molecule has 1 fully saturated rings. The van der Waals surface area contributed by atoms with E-state index in [4.69, 9.17) is 20.8 Å². The van der Waals surface area contributed by atoms with E-state index in [1.54, 1.807) is 0 Å². The highest BCUT2D eigenvalue weighted by atomic mass is 35.5. The number of hydrogen-bond acceptors (Lipinski definition) is 3. The van der Waals surface area contributed by atoms with E-state index in [1.165, 1.54) is 6.42 Å². The number of fused-ring (bicyclic) bond motifs is 1. The van der Waals surface area contributed by atoms with E-state index in [-0.39, 0.29) is 6.04 Å². The fourth-order valence-electron chi connectivity index (χ4n) is 2.92. The summed E-state index contributed by atoms with van der Waals surface area (Å²) in [5, 5.41) is 5.39. The number of rotatable bonds is 6. The Hall–Kier alpha value is -1.03. The minimum atomic E-state index is 0.208. The molecule has 2 aromatic rings. The topological polar surface area (TPSA) is 34.4 Å². The predicted molar refractivity (Wildman–Crippen MR) is 85.8 cm³/mol. The van der Waals surface area contributed by atoms with Gasteiger partial charge in [0.25, 0.3) is 0 Å². The van der Waals surface area contributed by atoms with E-state index in [0.29, 0.717) is 6.10 Å². The summed E-state index contributed by atoms with van der Waals surface area (Å²) in [6.45, 7) is 4.05. The molecular formula is C17H22ClNO2. The summed E-state index contributed by atoms with van der Waals surface area (Å²) in [6.07, 6.45) is 4.73. The molecule has 0 spiro atoms. The number of hydrogen-bond donors (Lipinski definition) is 1. The summed E-state index contributed by atoms with van der Waals surface area (Å²) in [4.78, 5) is 0. The molecule has 1 aliphatic rings. The van der Waals surface area contributed by atoms with Gasteiger partial charge >= 0.3 is 0 Å². The van der Waals surface area contributed by atoms with Crippen LogP contribution in [0.1, 0.15) is 44.4 Å². The molecule has 4 heteroatoms. The Morgan fingerprint density at radius 3 is 3.05 bits per heavy atom. The third-order valence-electron chi connectivity index (χ3n) is 4.00. The molecule has 1 N–H and O–H groups in total. The van der Waals surface area contributed by atoms with Gasteiger partial charge < -0.3 is 14.5 Å². The number of furan rings is 1. The highest BCUT2D eigenvalue weighted by Crippen LogP contribution is 2.30. The number of benzene rings is 1. The molecule has 0 bridgehead atoms. The van der Waals surface area contributed by atoms with Gasteiger partial charge in [-0.1, -0.05) is 18.5 Å². The zero-order chi connectivity index (χ0) is 14.7. The number of ether oxygens (including phenoxy) is 1. The zero-order valence-corrected chi connectivity index (χ0v) is 13.2. The lowest BCUT2D eigenvalue weighted by Crippen LogP contribution is -2.25. The molecule has 2 unspecified atom stereocenters. The van der Waals surface area contributed by atoms with Crippen LogP contribution in [-0.4, -0.2) is 19.3 Å². The Bertz CT molecular complexity index is 589. The molecule has 1 aliphatic heterocycles. The largest absolute Gasteiger partial charge is 0.459 e. The van der Waals surface area contributed by atoms with Crippen LogP contribution in [0.4, 0.5) is 0 Å². The van der Waals surface area contributed by atoms with Crippen molar-refractivity contribution in [2.75, 3.05) is 13.2 Å². The second-order valence-electron chi connectivity index (χ2n) is 5.71. The molecule has 1 aromatic heterocycles. The standard InChI is InChI=1S/C17H22ClNO2/c1-2-7-19-15(11-14-4-3-8-20-14)17-10-12-9-13(18)5-6-16(12)21-17/h5-6,9-10,14-15,19H,2-4,7-8,11H2,1H3. The van der Waals surface area contributed by atoms with Gasteiger partial charge in [0.05, 0.1) is 12.1 Å². The van der Waals surface area contributed by atoms with Crippen molar-refractivity contribution in [2.45, 2.75) is 44.8 Å². The summed E-state index contributed by atoms with van der Waals surface area (Å²) < 4.78 is 11.8. The molecule has 1 aromatic carbocycles. The van der Waals surface area contributed by atoms with Crippen molar-refractivity contribution in [1.29, 1.82) is 0 Å². The van der Waals surface area contributed by atoms with Crippen LogP contribution >= 0.6 is 11.6 Å². The van der Waals surface area contributed by atoms with E-state index in [1.807, 2.05) is 18.2 Å². The molecule has 3 rings (SSSR count). The molecule has 21 heavy (non-hydrogen) atoms. The first-order chi connectivity index (χ1) is 10.3. The van der Waals surface area contributed by atoms with Gasteiger partial charge in [0.2, 0.25) is 0 Å². The summed E-state index contributed by atoms with van der Waals surface area (Å²) in [5.74, 6) is 0.983. The highest BCUT2D eigenvalue weighted by molar-refractivity contribution is 6.31. The molecule has 0 amide bonds. The zero-order valence-electron chi connectivity index (χ0n) is 12.4. The molecule has 2 atom stereocenters. The maximum Gasteiger partial charge on any atom is 0.134 e. The molecule has 1 saturated heterocycles.